The summed E-state index contributed by atoms with van der Waals surface area (Å²) in [6, 6.07) is 18.1. The van der Waals surface area contributed by atoms with E-state index in [2.05, 4.69) is 17.4 Å². The Balaban J connectivity index is 1.34. The van der Waals surface area contributed by atoms with Crippen LogP contribution in [0.2, 0.25) is 0 Å². The van der Waals surface area contributed by atoms with Crippen LogP contribution < -0.4 is 14.8 Å². The second kappa shape index (κ2) is 6.44. The third kappa shape index (κ3) is 3.31. The first-order valence-electron chi connectivity index (χ1n) is 7.05. The van der Waals surface area contributed by atoms with E-state index in [0.717, 1.165) is 31.0 Å². The summed E-state index contributed by atoms with van der Waals surface area (Å²) in [5, 5.41) is 3.38. The summed E-state index contributed by atoms with van der Waals surface area (Å²) < 4.78 is 11.5. The fourth-order valence-electron chi connectivity index (χ4n) is 2.39. The van der Waals surface area contributed by atoms with E-state index in [1.54, 1.807) is 0 Å². The Morgan fingerprint density at radius 2 is 1.85 bits per heavy atom. The first-order valence-corrected chi connectivity index (χ1v) is 7.05. The Hall–Kier alpha value is -2.00. The van der Waals surface area contributed by atoms with Gasteiger partial charge in [0.05, 0.1) is 0 Å². The molecule has 0 amide bonds. The van der Waals surface area contributed by atoms with Gasteiger partial charge in [-0.05, 0) is 23.8 Å². The highest BCUT2D eigenvalue weighted by Gasteiger charge is 2.21. The lowest BCUT2D eigenvalue weighted by Gasteiger charge is -2.12. The van der Waals surface area contributed by atoms with E-state index in [0.29, 0.717) is 6.61 Å². The number of nitrogens with one attached hydrogen (secondary N) is 1. The van der Waals surface area contributed by atoms with Crippen LogP contribution in [0.1, 0.15) is 5.56 Å². The molecule has 1 aliphatic heterocycles. The number of fused-ring (bicyclic) bond motifs is 1. The molecule has 1 aliphatic rings. The van der Waals surface area contributed by atoms with E-state index >= 15 is 0 Å². The zero-order valence-electron chi connectivity index (χ0n) is 11.4. The molecule has 0 saturated heterocycles. The van der Waals surface area contributed by atoms with Crippen molar-refractivity contribution < 1.29 is 9.47 Å². The van der Waals surface area contributed by atoms with Crippen LogP contribution in [0.15, 0.2) is 54.6 Å². The van der Waals surface area contributed by atoms with Crippen molar-refractivity contribution in [1.82, 2.24) is 5.32 Å². The lowest BCUT2D eigenvalue weighted by molar-refractivity contribution is 0.222. The maximum Gasteiger partial charge on any atom is 0.123 e. The highest BCUT2D eigenvalue weighted by molar-refractivity contribution is 5.37. The predicted octanol–water partition coefficient (Wildman–Crippen LogP) is 2.66. The molecule has 3 heteroatoms. The highest BCUT2D eigenvalue weighted by atomic mass is 16.5. The van der Waals surface area contributed by atoms with Crippen molar-refractivity contribution in [2.45, 2.75) is 12.5 Å². The molecule has 20 heavy (non-hydrogen) atoms. The molecule has 0 bridgehead atoms. The SMILES string of the molecule is c1ccc(OCCNCC2Cc3ccccc3O2)cc1. The molecule has 3 rings (SSSR count). The summed E-state index contributed by atoms with van der Waals surface area (Å²) in [4.78, 5) is 0. The molecule has 1 N–H and O–H groups in total. The molecule has 104 valence electrons. The van der Waals surface area contributed by atoms with Gasteiger partial charge in [0.15, 0.2) is 0 Å². The van der Waals surface area contributed by atoms with Crippen LogP contribution in [-0.4, -0.2) is 25.8 Å². The minimum absolute atomic E-state index is 0.240. The molecule has 2 aromatic carbocycles. The van der Waals surface area contributed by atoms with Crippen molar-refractivity contribution in [2.75, 3.05) is 19.7 Å². The number of benzene rings is 2. The van der Waals surface area contributed by atoms with E-state index in [1.165, 1.54) is 5.56 Å². The van der Waals surface area contributed by atoms with Gasteiger partial charge in [-0.1, -0.05) is 36.4 Å². The van der Waals surface area contributed by atoms with Gasteiger partial charge in [-0.25, -0.2) is 0 Å². The lowest BCUT2D eigenvalue weighted by Crippen LogP contribution is -2.32. The van der Waals surface area contributed by atoms with E-state index in [1.807, 2.05) is 42.5 Å². The second-order valence-electron chi connectivity index (χ2n) is 4.92. The molecule has 1 heterocycles. The number of hydrogen-bond donors (Lipinski definition) is 1. The van der Waals surface area contributed by atoms with E-state index in [-0.39, 0.29) is 6.10 Å². The average molecular weight is 269 g/mol. The average Bonchev–Trinajstić information content (AvgIpc) is 2.90. The molecular formula is C17H19NO2. The van der Waals surface area contributed by atoms with Crippen molar-refractivity contribution in [3.8, 4) is 11.5 Å². The third-order valence-electron chi connectivity index (χ3n) is 3.38. The minimum Gasteiger partial charge on any atom is -0.492 e. The molecule has 0 aliphatic carbocycles. The first-order chi connectivity index (χ1) is 9.92. The molecule has 3 nitrogen and oxygen atoms in total. The molecule has 0 saturated carbocycles. The van der Waals surface area contributed by atoms with E-state index < -0.39 is 0 Å². The third-order valence-corrected chi connectivity index (χ3v) is 3.38. The molecule has 0 radical (unpaired) electrons. The fourth-order valence-corrected chi connectivity index (χ4v) is 2.39. The molecule has 1 atom stereocenters. The van der Waals surface area contributed by atoms with E-state index in [4.69, 9.17) is 9.47 Å². The molecular weight excluding hydrogens is 250 g/mol. The molecule has 2 aromatic rings. The van der Waals surface area contributed by atoms with Gasteiger partial charge < -0.3 is 14.8 Å². The zero-order valence-corrected chi connectivity index (χ0v) is 11.4. The van der Waals surface area contributed by atoms with Gasteiger partial charge in [-0.15, -0.1) is 0 Å². The molecule has 0 fully saturated rings. The van der Waals surface area contributed by atoms with Gasteiger partial charge in [0.2, 0.25) is 0 Å². The summed E-state index contributed by atoms with van der Waals surface area (Å²) in [6.45, 7) is 2.35. The Morgan fingerprint density at radius 3 is 2.70 bits per heavy atom. The smallest absolute Gasteiger partial charge is 0.123 e. The largest absolute Gasteiger partial charge is 0.492 e. The van der Waals surface area contributed by atoms with Gasteiger partial charge in [-0.3, -0.25) is 0 Å². The maximum atomic E-state index is 5.87. The van der Waals surface area contributed by atoms with Crippen molar-refractivity contribution in [3.05, 3.63) is 60.2 Å². The van der Waals surface area contributed by atoms with Gasteiger partial charge in [0, 0.05) is 19.5 Å². The van der Waals surface area contributed by atoms with Crippen LogP contribution >= 0.6 is 0 Å². The van der Waals surface area contributed by atoms with Crippen molar-refractivity contribution in [2.24, 2.45) is 0 Å². The number of hydrogen-bond acceptors (Lipinski definition) is 3. The maximum absolute atomic E-state index is 5.87. The number of para-hydroxylation sites is 2. The van der Waals surface area contributed by atoms with Crippen LogP contribution in [0.5, 0.6) is 11.5 Å². The van der Waals surface area contributed by atoms with Gasteiger partial charge in [0.1, 0.15) is 24.2 Å². The van der Waals surface area contributed by atoms with Gasteiger partial charge in [0.25, 0.3) is 0 Å². The van der Waals surface area contributed by atoms with Crippen molar-refractivity contribution in [1.29, 1.82) is 0 Å². The number of rotatable bonds is 6. The standard InChI is InChI=1S/C17H19NO2/c1-2-7-15(8-3-1)19-11-10-18-13-16-12-14-6-4-5-9-17(14)20-16/h1-9,16,18H,10-13H2. The molecule has 0 aromatic heterocycles. The zero-order chi connectivity index (χ0) is 13.6. The summed E-state index contributed by atoms with van der Waals surface area (Å²) in [5.41, 5.74) is 1.31. The Morgan fingerprint density at radius 1 is 1.05 bits per heavy atom. The topological polar surface area (TPSA) is 30.5 Å². The quantitative estimate of drug-likeness (QED) is 0.818. The monoisotopic (exact) mass is 269 g/mol. The van der Waals surface area contributed by atoms with Crippen LogP contribution in [0, 0.1) is 0 Å². The summed E-state index contributed by atoms with van der Waals surface area (Å²) in [7, 11) is 0. The van der Waals surface area contributed by atoms with Crippen LogP contribution in [0.25, 0.3) is 0 Å². The molecule has 1 unspecified atom stereocenters. The summed E-state index contributed by atoms with van der Waals surface area (Å²) >= 11 is 0. The predicted molar refractivity (Wildman–Crippen MR) is 79.4 cm³/mol. The Labute approximate surface area is 119 Å². The second-order valence-corrected chi connectivity index (χ2v) is 4.92. The Bertz CT molecular complexity index is 517. The summed E-state index contributed by atoms with van der Waals surface area (Å²) in [5.74, 6) is 1.94. The molecule has 0 spiro atoms. The van der Waals surface area contributed by atoms with Gasteiger partial charge in [-0.2, -0.15) is 0 Å². The lowest BCUT2D eigenvalue weighted by atomic mass is 10.1. The number of ether oxygens (including phenoxy) is 2. The fraction of sp³-hybridized carbons (Fsp3) is 0.294. The highest BCUT2D eigenvalue weighted by Crippen LogP contribution is 2.27. The van der Waals surface area contributed by atoms with Gasteiger partial charge >= 0.3 is 0 Å². The van der Waals surface area contributed by atoms with Crippen LogP contribution in [-0.2, 0) is 6.42 Å². The normalized spacial score (nSPS) is 16.5. The first kappa shape index (κ1) is 13.0. The van der Waals surface area contributed by atoms with Crippen molar-refractivity contribution in [3.63, 3.8) is 0 Å². The minimum atomic E-state index is 0.240. The Kier molecular flexibility index (Phi) is 4.19. The van der Waals surface area contributed by atoms with Crippen molar-refractivity contribution >= 4 is 0 Å². The van der Waals surface area contributed by atoms with E-state index in [9.17, 15) is 0 Å². The summed E-state index contributed by atoms with van der Waals surface area (Å²) in [6.07, 6.45) is 1.23. The van der Waals surface area contributed by atoms with Crippen LogP contribution in [0.4, 0.5) is 0 Å². The van der Waals surface area contributed by atoms with Crippen LogP contribution in [0.3, 0.4) is 0 Å².